The number of hydrogen-bond acceptors (Lipinski definition) is 7. The van der Waals surface area contributed by atoms with E-state index in [4.69, 9.17) is 4.74 Å². The monoisotopic (exact) mass is 494 g/mol. The average molecular weight is 495 g/mol. The maximum Gasteiger partial charge on any atom is 0.416 e. The highest BCUT2D eigenvalue weighted by Gasteiger charge is 2.31. The number of ether oxygens (including phenoxy) is 1. The first-order valence-corrected chi connectivity index (χ1v) is 12.0. The van der Waals surface area contributed by atoms with Crippen LogP contribution in [0.3, 0.4) is 0 Å². The normalized spacial score (nSPS) is 17.7. The molecule has 35 heavy (non-hydrogen) atoms. The van der Waals surface area contributed by atoms with E-state index in [1.54, 1.807) is 19.9 Å². The Hall–Kier alpha value is -2.88. The van der Waals surface area contributed by atoms with E-state index in [9.17, 15) is 23.1 Å². The van der Waals surface area contributed by atoms with Crippen molar-refractivity contribution in [3.05, 3.63) is 35.4 Å². The van der Waals surface area contributed by atoms with Gasteiger partial charge in [-0.05, 0) is 75.4 Å². The zero-order valence-electron chi connectivity index (χ0n) is 20.4. The van der Waals surface area contributed by atoms with Crippen LogP contribution in [0.15, 0.2) is 24.3 Å². The van der Waals surface area contributed by atoms with Gasteiger partial charge in [-0.3, -0.25) is 4.79 Å². The zero-order chi connectivity index (χ0) is 25.6. The summed E-state index contributed by atoms with van der Waals surface area (Å²) in [7, 11) is 0. The topological polar surface area (TPSA) is 87.6 Å². The van der Waals surface area contributed by atoms with Gasteiger partial charge in [-0.1, -0.05) is 6.92 Å². The highest BCUT2D eigenvalue weighted by Crippen LogP contribution is 2.36. The quantitative estimate of drug-likeness (QED) is 0.473. The molecule has 1 aliphatic rings. The number of rotatable bonds is 9. The molecule has 0 saturated carbocycles. The maximum atomic E-state index is 12.9. The predicted octanol–water partition coefficient (Wildman–Crippen LogP) is 5.03. The Kier molecular flexibility index (Phi) is 8.93. The van der Waals surface area contributed by atoms with Crippen LogP contribution in [0.2, 0.25) is 0 Å². The van der Waals surface area contributed by atoms with Gasteiger partial charge in [-0.15, -0.1) is 10.2 Å². The van der Waals surface area contributed by atoms with Crippen LogP contribution in [0, 0.1) is 12.8 Å². The molecule has 7 nitrogen and oxygen atoms in total. The number of nitrogens with zero attached hydrogens (tertiary/aromatic N) is 3. The van der Waals surface area contributed by atoms with E-state index in [1.165, 1.54) is 6.07 Å². The van der Waals surface area contributed by atoms with Gasteiger partial charge in [0.05, 0.1) is 17.9 Å². The molecule has 2 heterocycles. The summed E-state index contributed by atoms with van der Waals surface area (Å²) in [6.07, 6.45) is -1.30. The van der Waals surface area contributed by atoms with Crippen LogP contribution in [0.5, 0.6) is 5.75 Å². The summed E-state index contributed by atoms with van der Waals surface area (Å²) in [4.78, 5) is 14.0. The summed E-state index contributed by atoms with van der Waals surface area (Å²) in [6, 6.07) is 4.81. The first-order valence-electron chi connectivity index (χ1n) is 12.0. The number of hydrogen-bond donors (Lipinski definition) is 2. The fraction of sp³-hybridized carbons (Fsp3) is 0.560. The van der Waals surface area contributed by atoms with E-state index >= 15 is 0 Å². The summed E-state index contributed by atoms with van der Waals surface area (Å²) < 4.78 is 43.7. The van der Waals surface area contributed by atoms with Gasteiger partial charge in [0.2, 0.25) is 0 Å². The molecular weight excluding hydrogens is 461 g/mol. The van der Waals surface area contributed by atoms with E-state index in [0.717, 1.165) is 45.0 Å². The number of phenols is 1. The lowest BCUT2D eigenvalue weighted by Crippen LogP contribution is -2.44. The molecule has 1 aromatic carbocycles. The molecule has 1 aromatic heterocycles. The number of alkyl halides is 3. The molecule has 2 N–H and O–H groups in total. The molecule has 1 saturated heterocycles. The third kappa shape index (κ3) is 7.55. The smallest absolute Gasteiger partial charge is 0.416 e. The lowest BCUT2D eigenvalue weighted by atomic mass is 10.0. The van der Waals surface area contributed by atoms with Gasteiger partial charge in [0, 0.05) is 31.1 Å². The van der Waals surface area contributed by atoms with Crippen molar-refractivity contribution in [3.63, 3.8) is 0 Å². The van der Waals surface area contributed by atoms with E-state index in [-0.39, 0.29) is 17.6 Å². The molecule has 0 radical (unpaired) electrons. The minimum Gasteiger partial charge on any atom is -0.507 e. The number of carbonyl (C=O) groups is 1. The standard InChI is InChI=1S/C25H33F3N4O3/c1-4-35-23(34)10-7-16(2)14-32-11-5-6-19(15-32)29-22-12-17(3)24(31-30-22)20-9-8-18(13-21(20)33)25(26,27)28/h8-9,12-13,16,19,33H,4-7,10-11,14-15H2,1-3H3,(H,29,30)/t16-,19+/m0/s1. The Balaban J connectivity index is 1.59. The van der Waals surface area contributed by atoms with E-state index in [0.29, 0.717) is 42.1 Å². The van der Waals surface area contributed by atoms with Gasteiger partial charge in [-0.2, -0.15) is 13.2 Å². The summed E-state index contributed by atoms with van der Waals surface area (Å²) in [5, 5.41) is 21.9. The van der Waals surface area contributed by atoms with Gasteiger partial charge >= 0.3 is 12.1 Å². The number of likely N-dealkylation sites (tertiary alicyclic amines) is 1. The Morgan fingerprint density at radius 1 is 1.31 bits per heavy atom. The number of aryl methyl sites for hydroxylation is 1. The Labute approximate surface area is 203 Å². The average Bonchev–Trinajstić information content (AvgIpc) is 2.78. The molecule has 0 unspecified atom stereocenters. The summed E-state index contributed by atoms with van der Waals surface area (Å²) in [5.74, 6) is 0.313. The van der Waals surface area contributed by atoms with Gasteiger partial charge in [-0.25, -0.2) is 0 Å². The van der Waals surface area contributed by atoms with Crippen LogP contribution >= 0.6 is 0 Å². The molecule has 0 amide bonds. The van der Waals surface area contributed by atoms with E-state index < -0.39 is 17.5 Å². The van der Waals surface area contributed by atoms with Crippen molar-refractivity contribution >= 4 is 11.8 Å². The third-order valence-corrected chi connectivity index (χ3v) is 6.14. The first-order chi connectivity index (χ1) is 16.6. The fourth-order valence-corrected chi connectivity index (χ4v) is 4.41. The summed E-state index contributed by atoms with van der Waals surface area (Å²) in [5.41, 5.74) is 0.315. The van der Waals surface area contributed by atoms with Crippen molar-refractivity contribution in [2.24, 2.45) is 5.92 Å². The number of phenolic OH excluding ortho intramolecular Hbond substituents is 1. The number of anilines is 1. The molecule has 1 aliphatic heterocycles. The van der Waals surface area contributed by atoms with Crippen LogP contribution in [-0.4, -0.2) is 58.5 Å². The Morgan fingerprint density at radius 2 is 2.09 bits per heavy atom. The number of halogens is 3. The molecule has 1 fully saturated rings. The molecular formula is C25H33F3N4O3. The highest BCUT2D eigenvalue weighted by atomic mass is 19.4. The van der Waals surface area contributed by atoms with Crippen LogP contribution in [0.4, 0.5) is 19.0 Å². The van der Waals surface area contributed by atoms with Gasteiger partial charge < -0.3 is 20.1 Å². The molecule has 0 spiro atoms. The van der Waals surface area contributed by atoms with Crippen molar-refractivity contribution in [1.82, 2.24) is 15.1 Å². The van der Waals surface area contributed by atoms with Crippen LogP contribution in [0.25, 0.3) is 11.3 Å². The van der Waals surface area contributed by atoms with Crippen LogP contribution in [0.1, 0.15) is 50.7 Å². The van der Waals surface area contributed by atoms with Gasteiger partial charge in [0.15, 0.2) is 0 Å². The molecule has 2 atom stereocenters. The summed E-state index contributed by atoms with van der Waals surface area (Å²) in [6.45, 7) is 8.87. The molecule has 0 bridgehead atoms. The largest absolute Gasteiger partial charge is 0.507 e. The predicted molar refractivity (Wildman–Crippen MR) is 127 cm³/mol. The second kappa shape index (κ2) is 11.7. The first kappa shape index (κ1) is 26.7. The Bertz CT molecular complexity index is 1020. The molecule has 192 valence electrons. The molecule has 0 aliphatic carbocycles. The van der Waals surface area contributed by atoms with Crippen molar-refractivity contribution in [1.29, 1.82) is 0 Å². The SMILES string of the molecule is CCOC(=O)CC[C@H](C)CN1CCC[C@@H](Nc2cc(C)c(-c3ccc(C(F)(F)F)cc3O)nn2)C1. The fourth-order valence-electron chi connectivity index (χ4n) is 4.41. The third-order valence-electron chi connectivity index (χ3n) is 6.14. The zero-order valence-corrected chi connectivity index (χ0v) is 20.4. The van der Waals surface area contributed by atoms with Gasteiger partial charge in [0.1, 0.15) is 11.6 Å². The van der Waals surface area contributed by atoms with Crippen molar-refractivity contribution in [2.75, 3.05) is 31.6 Å². The minimum atomic E-state index is -4.53. The van der Waals surface area contributed by atoms with Crippen molar-refractivity contribution in [3.8, 4) is 17.0 Å². The number of carbonyl (C=O) groups excluding carboxylic acids is 1. The molecule has 2 aromatic rings. The number of aromatic hydroxyl groups is 1. The lowest BCUT2D eigenvalue weighted by Gasteiger charge is -2.34. The lowest BCUT2D eigenvalue weighted by molar-refractivity contribution is -0.143. The summed E-state index contributed by atoms with van der Waals surface area (Å²) >= 11 is 0. The number of benzene rings is 1. The van der Waals surface area contributed by atoms with Crippen molar-refractivity contribution < 1.29 is 27.8 Å². The van der Waals surface area contributed by atoms with E-state index in [1.807, 2.05) is 0 Å². The Morgan fingerprint density at radius 3 is 2.74 bits per heavy atom. The maximum absolute atomic E-state index is 12.9. The van der Waals surface area contributed by atoms with Crippen molar-refractivity contribution in [2.45, 2.75) is 58.7 Å². The van der Waals surface area contributed by atoms with Gasteiger partial charge in [0.25, 0.3) is 0 Å². The second-order valence-corrected chi connectivity index (χ2v) is 9.18. The highest BCUT2D eigenvalue weighted by molar-refractivity contribution is 5.70. The number of piperidine rings is 1. The van der Waals surface area contributed by atoms with E-state index in [2.05, 4.69) is 27.3 Å². The second-order valence-electron chi connectivity index (χ2n) is 9.18. The minimum absolute atomic E-state index is 0.153. The number of nitrogens with one attached hydrogen (secondary N) is 1. The van der Waals surface area contributed by atoms with Crippen LogP contribution < -0.4 is 5.32 Å². The van der Waals surface area contributed by atoms with Crippen LogP contribution in [-0.2, 0) is 15.7 Å². The number of esters is 1. The molecule has 3 rings (SSSR count). The number of aromatic nitrogens is 2. The molecule has 10 heteroatoms.